The molecule has 2 aromatic carbocycles. The molecule has 1 aliphatic heterocycles. The van der Waals surface area contributed by atoms with Gasteiger partial charge in [0.2, 0.25) is 15.9 Å². The van der Waals surface area contributed by atoms with Crippen molar-refractivity contribution in [2.75, 3.05) is 26.9 Å². The van der Waals surface area contributed by atoms with Crippen molar-refractivity contribution in [3.05, 3.63) is 48.0 Å². The van der Waals surface area contributed by atoms with Gasteiger partial charge >= 0.3 is 0 Å². The number of rotatable bonds is 8. The van der Waals surface area contributed by atoms with Crippen LogP contribution in [0.15, 0.2) is 47.4 Å². The van der Waals surface area contributed by atoms with Gasteiger partial charge in [0.25, 0.3) is 0 Å². The third-order valence-electron chi connectivity index (χ3n) is 4.34. The normalized spacial score (nSPS) is 13.4. The number of carbonyl (C=O) groups is 1. The van der Waals surface area contributed by atoms with Gasteiger partial charge in [-0.25, -0.2) is 13.1 Å². The van der Waals surface area contributed by atoms with Crippen LogP contribution in [0, 0.1) is 0 Å². The van der Waals surface area contributed by atoms with Crippen LogP contribution < -0.4 is 24.2 Å². The fourth-order valence-corrected chi connectivity index (χ4v) is 3.87. The van der Waals surface area contributed by atoms with E-state index in [1.54, 1.807) is 13.2 Å². The van der Waals surface area contributed by atoms with E-state index >= 15 is 0 Å². The number of benzene rings is 2. The molecule has 1 amide bonds. The summed E-state index contributed by atoms with van der Waals surface area (Å²) in [6, 6.07) is 11.8. The van der Waals surface area contributed by atoms with E-state index in [-0.39, 0.29) is 23.8 Å². The van der Waals surface area contributed by atoms with Crippen LogP contribution in [-0.4, -0.2) is 41.2 Å². The Balaban J connectivity index is 1.51. The van der Waals surface area contributed by atoms with Gasteiger partial charge < -0.3 is 19.5 Å². The second-order valence-corrected chi connectivity index (χ2v) is 8.16. The number of fused-ring (bicyclic) bond motifs is 1. The number of methoxy groups -OCH3 is 1. The van der Waals surface area contributed by atoms with Gasteiger partial charge in [-0.05, 0) is 18.2 Å². The number of sulfonamides is 1. The molecule has 0 aromatic heterocycles. The standard InChI is InChI=1S/C20H24N2O6S/c1-26-17-6-3-2-5-15(17)14-21-20(23)9-10-22-29(24,25)16-7-8-18-19(13-16)28-12-4-11-27-18/h2-3,5-8,13,22H,4,9-12,14H2,1H3,(H,21,23). The molecular weight excluding hydrogens is 396 g/mol. The Labute approximate surface area is 170 Å². The van der Waals surface area contributed by atoms with Crippen LogP contribution in [0.2, 0.25) is 0 Å². The van der Waals surface area contributed by atoms with Crippen molar-refractivity contribution in [3.8, 4) is 17.2 Å². The molecular formula is C20H24N2O6S. The topological polar surface area (TPSA) is 103 Å². The zero-order valence-corrected chi connectivity index (χ0v) is 17.0. The van der Waals surface area contributed by atoms with E-state index in [9.17, 15) is 13.2 Å². The smallest absolute Gasteiger partial charge is 0.240 e. The number of carbonyl (C=O) groups excluding carboxylic acids is 1. The molecule has 2 aromatic rings. The zero-order chi connectivity index (χ0) is 20.7. The number of amides is 1. The molecule has 29 heavy (non-hydrogen) atoms. The fourth-order valence-electron chi connectivity index (χ4n) is 2.82. The van der Waals surface area contributed by atoms with E-state index in [1.807, 2.05) is 24.3 Å². The Bertz CT molecular complexity index is 961. The number of hydrogen-bond donors (Lipinski definition) is 2. The second-order valence-electron chi connectivity index (χ2n) is 6.40. The first-order chi connectivity index (χ1) is 14.0. The summed E-state index contributed by atoms with van der Waals surface area (Å²) in [5.41, 5.74) is 0.844. The van der Waals surface area contributed by atoms with Crippen LogP contribution in [0.4, 0.5) is 0 Å². The maximum Gasteiger partial charge on any atom is 0.240 e. The van der Waals surface area contributed by atoms with E-state index in [4.69, 9.17) is 14.2 Å². The van der Waals surface area contributed by atoms with Crippen LogP contribution in [0.1, 0.15) is 18.4 Å². The summed E-state index contributed by atoms with van der Waals surface area (Å²) in [5, 5.41) is 2.76. The molecule has 0 saturated carbocycles. The first kappa shape index (κ1) is 20.9. The highest BCUT2D eigenvalue weighted by Gasteiger charge is 2.19. The molecule has 1 aliphatic rings. The van der Waals surface area contributed by atoms with Crippen molar-refractivity contribution in [2.24, 2.45) is 0 Å². The summed E-state index contributed by atoms with van der Waals surface area (Å²) in [6.45, 7) is 1.28. The lowest BCUT2D eigenvalue weighted by Crippen LogP contribution is -2.30. The summed E-state index contributed by atoms with van der Waals surface area (Å²) in [5.74, 6) is 1.34. The van der Waals surface area contributed by atoms with Crippen molar-refractivity contribution >= 4 is 15.9 Å². The first-order valence-electron chi connectivity index (χ1n) is 9.27. The number of hydrogen-bond acceptors (Lipinski definition) is 6. The minimum atomic E-state index is -3.76. The van der Waals surface area contributed by atoms with Gasteiger partial charge in [0.05, 0.1) is 25.2 Å². The Hall–Kier alpha value is -2.78. The van der Waals surface area contributed by atoms with Gasteiger partial charge in [-0.2, -0.15) is 0 Å². The maximum absolute atomic E-state index is 12.5. The number of para-hydroxylation sites is 1. The summed E-state index contributed by atoms with van der Waals surface area (Å²) in [6.07, 6.45) is 0.748. The van der Waals surface area contributed by atoms with Crippen LogP contribution in [-0.2, 0) is 21.4 Å². The van der Waals surface area contributed by atoms with Gasteiger partial charge in [0.15, 0.2) is 11.5 Å². The fraction of sp³-hybridized carbons (Fsp3) is 0.350. The molecule has 2 N–H and O–H groups in total. The lowest BCUT2D eigenvalue weighted by atomic mass is 10.2. The predicted octanol–water partition coefficient (Wildman–Crippen LogP) is 1.84. The molecule has 9 heteroatoms. The lowest BCUT2D eigenvalue weighted by Gasteiger charge is -2.11. The van der Waals surface area contributed by atoms with E-state index in [1.165, 1.54) is 12.1 Å². The van der Waals surface area contributed by atoms with Crippen molar-refractivity contribution in [3.63, 3.8) is 0 Å². The van der Waals surface area contributed by atoms with Crippen LogP contribution in [0.3, 0.4) is 0 Å². The lowest BCUT2D eigenvalue weighted by molar-refractivity contribution is -0.121. The number of nitrogens with one attached hydrogen (secondary N) is 2. The highest BCUT2D eigenvalue weighted by molar-refractivity contribution is 7.89. The second kappa shape index (κ2) is 9.62. The number of ether oxygens (including phenoxy) is 3. The average Bonchev–Trinajstić information content (AvgIpc) is 2.97. The third kappa shape index (κ3) is 5.61. The highest BCUT2D eigenvalue weighted by Crippen LogP contribution is 2.31. The molecule has 3 rings (SSSR count). The van der Waals surface area contributed by atoms with Crippen LogP contribution in [0.5, 0.6) is 17.2 Å². The van der Waals surface area contributed by atoms with E-state index in [0.717, 1.165) is 12.0 Å². The average molecular weight is 420 g/mol. The molecule has 1 heterocycles. The summed E-state index contributed by atoms with van der Waals surface area (Å²) >= 11 is 0. The Morgan fingerprint density at radius 2 is 1.86 bits per heavy atom. The molecule has 0 atom stereocenters. The summed E-state index contributed by atoms with van der Waals surface area (Å²) < 4.78 is 43.7. The van der Waals surface area contributed by atoms with Crippen molar-refractivity contribution in [1.82, 2.24) is 10.0 Å². The highest BCUT2D eigenvalue weighted by atomic mass is 32.2. The summed E-state index contributed by atoms with van der Waals surface area (Å²) in [7, 11) is -2.20. The summed E-state index contributed by atoms with van der Waals surface area (Å²) in [4.78, 5) is 12.1. The van der Waals surface area contributed by atoms with Crippen LogP contribution >= 0.6 is 0 Å². The minimum absolute atomic E-state index is 0.0128. The monoisotopic (exact) mass is 420 g/mol. The molecule has 0 bridgehead atoms. The Morgan fingerprint density at radius 3 is 2.66 bits per heavy atom. The largest absolute Gasteiger partial charge is 0.496 e. The van der Waals surface area contributed by atoms with Gasteiger partial charge in [-0.1, -0.05) is 18.2 Å². The molecule has 0 fully saturated rings. The molecule has 0 saturated heterocycles. The molecule has 0 aliphatic carbocycles. The Morgan fingerprint density at radius 1 is 1.10 bits per heavy atom. The maximum atomic E-state index is 12.5. The molecule has 156 valence electrons. The molecule has 0 spiro atoms. The van der Waals surface area contributed by atoms with Crippen LogP contribution in [0.25, 0.3) is 0 Å². The van der Waals surface area contributed by atoms with Crippen molar-refractivity contribution in [1.29, 1.82) is 0 Å². The minimum Gasteiger partial charge on any atom is -0.496 e. The van der Waals surface area contributed by atoms with Gasteiger partial charge in [-0.15, -0.1) is 0 Å². The van der Waals surface area contributed by atoms with Crippen molar-refractivity contribution < 1.29 is 27.4 Å². The van der Waals surface area contributed by atoms with E-state index in [2.05, 4.69) is 10.0 Å². The molecule has 0 unspecified atom stereocenters. The van der Waals surface area contributed by atoms with E-state index < -0.39 is 10.0 Å². The Kier molecular flexibility index (Phi) is 6.95. The quantitative estimate of drug-likeness (QED) is 0.676. The van der Waals surface area contributed by atoms with Gasteiger partial charge in [0, 0.05) is 37.6 Å². The van der Waals surface area contributed by atoms with E-state index in [0.29, 0.717) is 37.0 Å². The first-order valence-corrected chi connectivity index (χ1v) is 10.8. The predicted molar refractivity (Wildman–Crippen MR) is 107 cm³/mol. The van der Waals surface area contributed by atoms with Crippen molar-refractivity contribution in [2.45, 2.75) is 24.3 Å². The van der Waals surface area contributed by atoms with Gasteiger partial charge in [-0.3, -0.25) is 4.79 Å². The molecule has 0 radical (unpaired) electrons. The molecule has 8 nitrogen and oxygen atoms in total. The zero-order valence-electron chi connectivity index (χ0n) is 16.1. The van der Waals surface area contributed by atoms with Gasteiger partial charge in [0.1, 0.15) is 5.75 Å². The third-order valence-corrected chi connectivity index (χ3v) is 5.80. The SMILES string of the molecule is COc1ccccc1CNC(=O)CCNS(=O)(=O)c1ccc2c(c1)OCCCO2.